The highest BCUT2D eigenvalue weighted by atomic mass is 16.1. The number of aromatic amines is 1. The van der Waals surface area contributed by atoms with E-state index in [2.05, 4.69) is 45.4 Å². The van der Waals surface area contributed by atoms with Gasteiger partial charge in [-0.25, -0.2) is 4.98 Å². The lowest BCUT2D eigenvalue weighted by Crippen LogP contribution is -2.25. The number of benzene rings is 1. The summed E-state index contributed by atoms with van der Waals surface area (Å²) in [6.45, 7) is 3.65. The molecule has 0 aliphatic heterocycles. The second kappa shape index (κ2) is 9.39. The Hall–Kier alpha value is -3.41. The maximum absolute atomic E-state index is 12.3. The molecule has 6 heteroatoms. The van der Waals surface area contributed by atoms with Crippen LogP contribution in [0.25, 0.3) is 22.3 Å². The summed E-state index contributed by atoms with van der Waals surface area (Å²) in [5.74, 6) is 0.107. The molecule has 0 aliphatic rings. The fourth-order valence-corrected chi connectivity index (χ4v) is 3.77. The van der Waals surface area contributed by atoms with E-state index in [0.29, 0.717) is 13.0 Å². The average molecular weight is 402 g/mol. The van der Waals surface area contributed by atoms with Crippen molar-refractivity contribution in [3.05, 3.63) is 72.4 Å². The van der Waals surface area contributed by atoms with Crippen molar-refractivity contribution in [1.29, 1.82) is 0 Å². The number of hydrogen-bond acceptors (Lipinski definition) is 3. The van der Waals surface area contributed by atoms with Gasteiger partial charge in [0.05, 0.1) is 17.7 Å². The highest BCUT2D eigenvalue weighted by Gasteiger charge is 2.14. The van der Waals surface area contributed by atoms with Crippen LogP contribution in [0.2, 0.25) is 0 Å². The summed E-state index contributed by atoms with van der Waals surface area (Å²) >= 11 is 0. The number of aryl methyl sites for hydroxylation is 3. The largest absolute Gasteiger partial charge is 0.356 e. The summed E-state index contributed by atoms with van der Waals surface area (Å²) in [5.41, 5.74) is 5.56. The summed E-state index contributed by atoms with van der Waals surface area (Å²) in [6, 6.07) is 12.4. The van der Waals surface area contributed by atoms with Crippen molar-refractivity contribution >= 4 is 16.8 Å². The zero-order chi connectivity index (χ0) is 20.8. The monoisotopic (exact) mass is 401 g/mol. The second-order valence-electron chi connectivity index (χ2n) is 7.60. The fraction of sp³-hybridized carbons (Fsp3) is 0.292. The number of aromatic nitrogens is 4. The number of fused-ring (bicyclic) bond motifs is 1. The molecule has 154 valence electrons. The smallest absolute Gasteiger partial charge is 0.220 e. The molecule has 4 rings (SSSR count). The summed E-state index contributed by atoms with van der Waals surface area (Å²) in [4.78, 5) is 24.3. The van der Waals surface area contributed by atoms with E-state index in [-0.39, 0.29) is 5.91 Å². The highest BCUT2D eigenvalue weighted by Crippen LogP contribution is 2.31. The Morgan fingerprint density at radius 2 is 2.10 bits per heavy atom. The van der Waals surface area contributed by atoms with Crippen LogP contribution >= 0.6 is 0 Å². The van der Waals surface area contributed by atoms with Gasteiger partial charge in [-0.3, -0.25) is 9.78 Å². The van der Waals surface area contributed by atoms with Crippen LogP contribution in [0.1, 0.15) is 30.4 Å². The van der Waals surface area contributed by atoms with Gasteiger partial charge in [-0.15, -0.1) is 0 Å². The van der Waals surface area contributed by atoms with Crippen molar-refractivity contribution in [3.8, 4) is 11.4 Å². The number of amides is 1. The molecular formula is C24H27N5O. The summed E-state index contributed by atoms with van der Waals surface area (Å²) in [5, 5.41) is 4.24. The van der Waals surface area contributed by atoms with E-state index in [1.807, 2.05) is 35.2 Å². The van der Waals surface area contributed by atoms with E-state index in [1.165, 1.54) is 16.5 Å². The van der Waals surface area contributed by atoms with Gasteiger partial charge in [0.1, 0.15) is 0 Å². The van der Waals surface area contributed by atoms with E-state index < -0.39 is 0 Å². The van der Waals surface area contributed by atoms with Gasteiger partial charge >= 0.3 is 0 Å². The molecule has 0 atom stereocenters. The van der Waals surface area contributed by atoms with Crippen LogP contribution in [0.15, 0.2) is 61.3 Å². The van der Waals surface area contributed by atoms with Crippen molar-refractivity contribution in [3.63, 3.8) is 0 Å². The minimum absolute atomic E-state index is 0.107. The van der Waals surface area contributed by atoms with Crippen LogP contribution < -0.4 is 5.32 Å². The Balaban J connectivity index is 1.37. The number of hydrogen-bond donors (Lipinski definition) is 2. The molecule has 0 radical (unpaired) electrons. The summed E-state index contributed by atoms with van der Waals surface area (Å²) < 4.78 is 2.02. The third kappa shape index (κ3) is 4.76. The van der Waals surface area contributed by atoms with Gasteiger partial charge in [-0.1, -0.05) is 17.7 Å². The topological polar surface area (TPSA) is 75.6 Å². The minimum atomic E-state index is 0.107. The Labute approximate surface area is 176 Å². The van der Waals surface area contributed by atoms with Crippen LogP contribution in [-0.2, 0) is 17.8 Å². The number of pyridine rings is 1. The van der Waals surface area contributed by atoms with Gasteiger partial charge in [-0.05, 0) is 56.0 Å². The third-order valence-corrected chi connectivity index (χ3v) is 5.29. The van der Waals surface area contributed by atoms with E-state index in [0.717, 1.165) is 42.7 Å². The summed E-state index contributed by atoms with van der Waals surface area (Å²) in [7, 11) is 0. The molecule has 0 saturated carbocycles. The number of nitrogens with zero attached hydrogens (tertiary/aromatic N) is 3. The first-order valence-electron chi connectivity index (χ1n) is 10.5. The predicted molar refractivity (Wildman–Crippen MR) is 119 cm³/mol. The predicted octanol–water partition coefficient (Wildman–Crippen LogP) is 4.26. The molecule has 0 saturated heterocycles. The van der Waals surface area contributed by atoms with Crippen molar-refractivity contribution in [2.75, 3.05) is 6.54 Å². The molecule has 3 heterocycles. The number of imidazole rings is 1. The van der Waals surface area contributed by atoms with Gasteiger partial charge in [-0.2, -0.15) is 0 Å². The van der Waals surface area contributed by atoms with Crippen LogP contribution in [0.4, 0.5) is 0 Å². The maximum atomic E-state index is 12.3. The standard InChI is InChI=1S/C24H27N5O/c1-18-9-10-21-20(16-18)19(24(28-21)22-7-2-3-11-26-22)6-4-8-23(30)27-12-5-14-29-15-13-25-17-29/h2-3,7,9-11,13,15-17,28H,4-6,8,12,14H2,1H3,(H,27,30). The number of carbonyl (C=O) groups is 1. The molecule has 1 aromatic carbocycles. The molecule has 2 N–H and O–H groups in total. The fourth-order valence-electron chi connectivity index (χ4n) is 3.77. The van der Waals surface area contributed by atoms with E-state index >= 15 is 0 Å². The lowest BCUT2D eigenvalue weighted by Gasteiger charge is -2.07. The van der Waals surface area contributed by atoms with Gasteiger partial charge in [0, 0.05) is 49.0 Å². The van der Waals surface area contributed by atoms with Crippen molar-refractivity contribution in [1.82, 2.24) is 24.8 Å². The zero-order valence-corrected chi connectivity index (χ0v) is 17.3. The van der Waals surface area contributed by atoms with Crippen LogP contribution in [0, 0.1) is 6.92 Å². The third-order valence-electron chi connectivity index (χ3n) is 5.29. The quantitative estimate of drug-likeness (QED) is 0.411. The lowest BCUT2D eigenvalue weighted by molar-refractivity contribution is -0.121. The molecule has 0 bridgehead atoms. The zero-order valence-electron chi connectivity index (χ0n) is 17.3. The number of H-pyrrole nitrogens is 1. The van der Waals surface area contributed by atoms with Gasteiger partial charge in [0.2, 0.25) is 5.91 Å². The molecule has 1 amide bonds. The van der Waals surface area contributed by atoms with Crippen molar-refractivity contribution < 1.29 is 4.79 Å². The normalized spacial score (nSPS) is 11.1. The van der Waals surface area contributed by atoms with Crippen LogP contribution in [0.5, 0.6) is 0 Å². The number of rotatable bonds is 9. The first kappa shape index (κ1) is 19.9. The van der Waals surface area contributed by atoms with Crippen LogP contribution in [0.3, 0.4) is 0 Å². The first-order chi connectivity index (χ1) is 14.7. The van der Waals surface area contributed by atoms with Crippen molar-refractivity contribution in [2.45, 2.75) is 39.2 Å². The van der Waals surface area contributed by atoms with Crippen molar-refractivity contribution in [2.24, 2.45) is 0 Å². The van der Waals surface area contributed by atoms with E-state index in [4.69, 9.17) is 0 Å². The molecule has 4 aromatic rings. The van der Waals surface area contributed by atoms with E-state index in [1.54, 1.807) is 12.5 Å². The Bertz CT molecular complexity index is 1100. The van der Waals surface area contributed by atoms with E-state index in [9.17, 15) is 4.79 Å². The Kier molecular flexibility index (Phi) is 6.23. The molecule has 0 aliphatic carbocycles. The molecule has 0 spiro atoms. The lowest BCUT2D eigenvalue weighted by atomic mass is 10.0. The Morgan fingerprint density at radius 3 is 2.90 bits per heavy atom. The summed E-state index contributed by atoms with van der Waals surface area (Å²) in [6.07, 6.45) is 10.4. The highest BCUT2D eigenvalue weighted by molar-refractivity contribution is 5.90. The first-order valence-corrected chi connectivity index (χ1v) is 10.5. The molecule has 30 heavy (non-hydrogen) atoms. The van der Waals surface area contributed by atoms with Gasteiger partial charge < -0.3 is 14.9 Å². The molecular weight excluding hydrogens is 374 g/mol. The maximum Gasteiger partial charge on any atom is 0.220 e. The molecule has 0 unspecified atom stereocenters. The average Bonchev–Trinajstić information content (AvgIpc) is 3.40. The molecule has 3 aromatic heterocycles. The Morgan fingerprint density at radius 1 is 1.17 bits per heavy atom. The number of nitrogens with one attached hydrogen (secondary N) is 2. The molecule has 0 fully saturated rings. The van der Waals surface area contributed by atoms with Crippen LogP contribution in [-0.4, -0.2) is 32.0 Å². The SMILES string of the molecule is Cc1ccc2[nH]c(-c3ccccn3)c(CCCC(=O)NCCCn3ccnc3)c2c1. The molecule has 6 nitrogen and oxygen atoms in total. The minimum Gasteiger partial charge on any atom is -0.356 e. The van der Waals surface area contributed by atoms with Gasteiger partial charge in [0.25, 0.3) is 0 Å². The second-order valence-corrected chi connectivity index (χ2v) is 7.60. The number of carbonyl (C=O) groups excluding carboxylic acids is 1. The van der Waals surface area contributed by atoms with Gasteiger partial charge in [0.15, 0.2) is 0 Å².